The molecule has 1 unspecified atom stereocenters. The molecule has 0 saturated heterocycles. The summed E-state index contributed by atoms with van der Waals surface area (Å²) in [4.78, 5) is 11.3. The summed E-state index contributed by atoms with van der Waals surface area (Å²) >= 11 is 0. The second kappa shape index (κ2) is 6.43. The van der Waals surface area contributed by atoms with Gasteiger partial charge in [0.1, 0.15) is 6.04 Å². The number of hydrogen-bond donors (Lipinski definition) is 1. The molecule has 3 nitrogen and oxygen atoms in total. The Morgan fingerprint density at radius 1 is 1.69 bits per heavy atom. The van der Waals surface area contributed by atoms with E-state index in [4.69, 9.17) is 4.74 Å². The molecule has 0 aromatic carbocycles. The van der Waals surface area contributed by atoms with E-state index in [2.05, 4.69) is 18.5 Å². The summed E-state index contributed by atoms with van der Waals surface area (Å²) in [6.07, 6.45) is 1.69. The number of esters is 1. The molecule has 0 aromatic rings. The first-order valence-corrected chi connectivity index (χ1v) is 4.29. The molecule has 0 radical (unpaired) electrons. The molecule has 74 valence electrons. The van der Waals surface area contributed by atoms with E-state index in [9.17, 15) is 4.79 Å². The molecule has 0 fully saturated rings. The Morgan fingerprint density at radius 2 is 2.31 bits per heavy atom. The van der Waals surface area contributed by atoms with Gasteiger partial charge in [-0.3, -0.25) is 5.32 Å². The quantitative estimate of drug-likeness (QED) is 0.498. The first-order valence-electron chi connectivity index (χ1n) is 4.29. The molecule has 0 saturated carbocycles. The van der Waals surface area contributed by atoms with Crippen LogP contribution in [-0.4, -0.2) is 25.2 Å². The van der Waals surface area contributed by atoms with Crippen molar-refractivity contribution in [3.8, 4) is 0 Å². The van der Waals surface area contributed by atoms with Crippen LogP contribution in [0.4, 0.5) is 0 Å². The second-order valence-electron chi connectivity index (χ2n) is 2.73. The SMILES string of the molecule is C=CCNC(C(=C)C)C(=O)OCC. The molecule has 1 N–H and O–H groups in total. The number of carbonyl (C=O) groups is 1. The van der Waals surface area contributed by atoms with Gasteiger partial charge in [-0.15, -0.1) is 6.58 Å². The fourth-order valence-electron chi connectivity index (χ4n) is 0.886. The van der Waals surface area contributed by atoms with Crippen LogP contribution in [0.2, 0.25) is 0 Å². The van der Waals surface area contributed by atoms with Crippen LogP contribution in [0.15, 0.2) is 24.8 Å². The molecule has 0 spiro atoms. The van der Waals surface area contributed by atoms with E-state index in [1.165, 1.54) is 0 Å². The normalized spacial score (nSPS) is 11.8. The monoisotopic (exact) mass is 183 g/mol. The van der Waals surface area contributed by atoms with Gasteiger partial charge < -0.3 is 4.74 Å². The van der Waals surface area contributed by atoms with E-state index in [-0.39, 0.29) is 5.97 Å². The predicted octanol–water partition coefficient (Wildman–Crippen LogP) is 1.27. The smallest absolute Gasteiger partial charge is 0.327 e. The minimum Gasteiger partial charge on any atom is -0.465 e. The highest BCUT2D eigenvalue weighted by Gasteiger charge is 2.18. The summed E-state index contributed by atoms with van der Waals surface area (Å²) in [5.41, 5.74) is 0.750. The summed E-state index contributed by atoms with van der Waals surface area (Å²) in [6, 6.07) is -0.419. The highest BCUT2D eigenvalue weighted by Crippen LogP contribution is 2.00. The van der Waals surface area contributed by atoms with Crippen LogP contribution in [-0.2, 0) is 9.53 Å². The van der Waals surface area contributed by atoms with Crippen molar-refractivity contribution in [2.75, 3.05) is 13.2 Å². The van der Waals surface area contributed by atoms with Gasteiger partial charge in [-0.1, -0.05) is 18.2 Å². The molecule has 0 aromatic heterocycles. The maximum atomic E-state index is 11.3. The number of carbonyl (C=O) groups excluding carboxylic acids is 1. The van der Waals surface area contributed by atoms with Crippen molar-refractivity contribution in [3.63, 3.8) is 0 Å². The molecule has 13 heavy (non-hydrogen) atoms. The maximum Gasteiger partial charge on any atom is 0.327 e. The van der Waals surface area contributed by atoms with Gasteiger partial charge in [-0.05, 0) is 13.8 Å². The minimum atomic E-state index is -0.419. The molecular weight excluding hydrogens is 166 g/mol. The van der Waals surface area contributed by atoms with Crippen molar-refractivity contribution >= 4 is 5.97 Å². The summed E-state index contributed by atoms with van der Waals surface area (Å²) in [5.74, 6) is -0.281. The van der Waals surface area contributed by atoms with Gasteiger partial charge in [0.2, 0.25) is 0 Å². The van der Waals surface area contributed by atoms with Gasteiger partial charge in [-0.2, -0.15) is 0 Å². The van der Waals surface area contributed by atoms with E-state index >= 15 is 0 Å². The number of nitrogens with one attached hydrogen (secondary N) is 1. The Kier molecular flexibility index (Phi) is 5.89. The van der Waals surface area contributed by atoms with E-state index in [0.29, 0.717) is 13.2 Å². The van der Waals surface area contributed by atoms with Crippen molar-refractivity contribution in [1.29, 1.82) is 0 Å². The average molecular weight is 183 g/mol. The fraction of sp³-hybridized carbons (Fsp3) is 0.500. The summed E-state index contributed by atoms with van der Waals surface area (Å²) in [7, 11) is 0. The van der Waals surface area contributed by atoms with E-state index in [1.54, 1.807) is 19.9 Å². The standard InChI is InChI=1S/C10H17NO2/c1-5-7-11-9(8(3)4)10(12)13-6-2/h5,9,11H,1,3,6-7H2,2,4H3. The van der Waals surface area contributed by atoms with Crippen molar-refractivity contribution < 1.29 is 9.53 Å². The zero-order valence-electron chi connectivity index (χ0n) is 8.30. The highest BCUT2D eigenvalue weighted by atomic mass is 16.5. The molecule has 0 rings (SSSR count). The van der Waals surface area contributed by atoms with Crippen LogP contribution in [0.3, 0.4) is 0 Å². The first kappa shape index (κ1) is 11.9. The molecule has 0 bridgehead atoms. The molecule has 0 heterocycles. The van der Waals surface area contributed by atoms with Crippen LogP contribution in [0.1, 0.15) is 13.8 Å². The zero-order chi connectivity index (χ0) is 10.3. The Bertz CT molecular complexity index is 199. The van der Waals surface area contributed by atoms with Crippen LogP contribution in [0.5, 0.6) is 0 Å². The molecule has 1 atom stereocenters. The van der Waals surface area contributed by atoms with Gasteiger partial charge in [0.15, 0.2) is 0 Å². The number of ether oxygens (including phenoxy) is 1. The van der Waals surface area contributed by atoms with E-state index in [0.717, 1.165) is 5.57 Å². The van der Waals surface area contributed by atoms with Gasteiger partial charge in [0.25, 0.3) is 0 Å². The molecule has 0 aliphatic heterocycles. The predicted molar refractivity (Wildman–Crippen MR) is 53.4 cm³/mol. The minimum absolute atomic E-state index is 0.281. The molecular formula is C10H17NO2. The molecule has 0 aliphatic rings. The summed E-state index contributed by atoms with van der Waals surface area (Å²) in [5, 5.41) is 2.96. The lowest BCUT2D eigenvalue weighted by Crippen LogP contribution is -2.38. The topological polar surface area (TPSA) is 38.3 Å². The van der Waals surface area contributed by atoms with Crippen LogP contribution < -0.4 is 5.32 Å². The third kappa shape index (κ3) is 4.48. The summed E-state index contributed by atoms with van der Waals surface area (Å²) < 4.78 is 4.87. The molecule has 0 amide bonds. The van der Waals surface area contributed by atoms with Gasteiger partial charge in [0, 0.05) is 6.54 Å². The number of rotatable bonds is 6. The van der Waals surface area contributed by atoms with Crippen LogP contribution in [0.25, 0.3) is 0 Å². The average Bonchev–Trinajstić information content (AvgIpc) is 2.05. The summed E-state index contributed by atoms with van der Waals surface area (Å²) in [6.45, 7) is 11.8. The first-order chi connectivity index (χ1) is 6.13. The lowest BCUT2D eigenvalue weighted by molar-refractivity contribution is -0.144. The Morgan fingerprint density at radius 3 is 2.69 bits per heavy atom. The largest absolute Gasteiger partial charge is 0.465 e. The highest BCUT2D eigenvalue weighted by molar-refractivity contribution is 5.79. The lowest BCUT2D eigenvalue weighted by Gasteiger charge is -2.15. The fourth-order valence-corrected chi connectivity index (χ4v) is 0.886. The lowest BCUT2D eigenvalue weighted by atomic mass is 10.1. The molecule has 0 aliphatic carbocycles. The van der Waals surface area contributed by atoms with Gasteiger partial charge >= 0.3 is 5.97 Å². The third-order valence-corrected chi connectivity index (χ3v) is 1.48. The maximum absolute atomic E-state index is 11.3. The molecule has 3 heteroatoms. The van der Waals surface area contributed by atoms with Gasteiger partial charge in [0.05, 0.1) is 6.61 Å². The van der Waals surface area contributed by atoms with Gasteiger partial charge in [-0.25, -0.2) is 4.79 Å². The van der Waals surface area contributed by atoms with Crippen molar-refractivity contribution in [2.45, 2.75) is 19.9 Å². The van der Waals surface area contributed by atoms with Crippen LogP contribution >= 0.6 is 0 Å². The Balaban J connectivity index is 4.15. The van der Waals surface area contributed by atoms with E-state index in [1.807, 2.05) is 0 Å². The Labute approximate surface area is 79.5 Å². The van der Waals surface area contributed by atoms with Crippen molar-refractivity contribution in [3.05, 3.63) is 24.8 Å². The van der Waals surface area contributed by atoms with Crippen LogP contribution in [0, 0.1) is 0 Å². The van der Waals surface area contributed by atoms with E-state index < -0.39 is 6.04 Å². The third-order valence-electron chi connectivity index (χ3n) is 1.48. The van der Waals surface area contributed by atoms with Crippen molar-refractivity contribution in [2.24, 2.45) is 0 Å². The number of hydrogen-bond acceptors (Lipinski definition) is 3. The van der Waals surface area contributed by atoms with Crippen molar-refractivity contribution in [1.82, 2.24) is 5.32 Å². The second-order valence-corrected chi connectivity index (χ2v) is 2.73. The Hall–Kier alpha value is -1.09. The zero-order valence-corrected chi connectivity index (χ0v) is 8.30.